The lowest BCUT2D eigenvalue weighted by Crippen LogP contribution is -2.42. The number of amides is 1. The van der Waals surface area contributed by atoms with Gasteiger partial charge in [0.05, 0.1) is 0 Å². The van der Waals surface area contributed by atoms with Crippen molar-refractivity contribution in [3.63, 3.8) is 0 Å². The first kappa shape index (κ1) is 14.8. The van der Waals surface area contributed by atoms with Gasteiger partial charge in [-0.2, -0.15) is 0 Å². The molecule has 110 valence electrons. The van der Waals surface area contributed by atoms with Crippen molar-refractivity contribution >= 4 is 5.91 Å². The Morgan fingerprint density at radius 3 is 2.63 bits per heavy atom. The highest BCUT2D eigenvalue weighted by Crippen LogP contribution is 2.49. The maximum absolute atomic E-state index is 12.4. The van der Waals surface area contributed by atoms with Gasteiger partial charge in [0.2, 0.25) is 5.91 Å². The van der Waals surface area contributed by atoms with Crippen molar-refractivity contribution in [2.24, 2.45) is 17.3 Å². The van der Waals surface area contributed by atoms with Crippen molar-refractivity contribution in [3.8, 4) is 0 Å². The third kappa shape index (κ3) is 3.50. The zero-order chi connectivity index (χ0) is 14.0. The van der Waals surface area contributed by atoms with Gasteiger partial charge in [0.25, 0.3) is 0 Å². The van der Waals surface area contributed by atoms with Crippen LogP contribution < -0.4 is 5.32 Å². The molecule has 1 aliphatic heterocycles. The molecule has 0 aromatic heterocycles. The fourth-order valence-electron chi connectivity index (χ4n) is 3.25. The molecule has 2 aliphatic rings. The SMILES string of the molecule is CC(CC(=O)N(C)C(C)C1(C)CC1)C1CCCNC1. The number of carbonyl (C=O) groups is 1. The Morgan fingerprint density at radius 2 is 2.11 bits per heavy atom. The van der Waals surface area contributed by atoms with Crippen molar-refractivity contribution in [1.82, 2.24) is 10.2 Å². The Bertz CT molecular complexity index is 319. The van der Waals surface area contributed by atoms with Crippen LogP contribution in [0.2, 0.25) is 0 Å². The lowest BCUT2D eigenvalue weighted by Gasteiger charge is -2.33. The smallest absolute Gasteiger partial charge is 0.222 e. The summed E-state index contributed by atoms with van der Waals surface area (Å²) < 4.78 is 0. The molecule has 19 heavy (non-hydrogen) atoms. The monoisotopic (exact) mass is 266 g/mol. The molecule has 2 fully saturated rings. The number of piperidine rings is 1. The Hall–Kier alpha value is -0.570. The van der Waals surface area contributed by atoms with Gasteiger partial charge in [-0.15, -0.1) is 0 Å². The number of nitrogens with zero attached hydrogens (tertiary/aromatic N) is 1. The molecule has 3 unspecified atom stereocenters. The summed E-state index contributed by atoms with van der Waals surface area (Å²) in [6, 6.07) is 0.386. The van der Waals surface area contributed by atoms with Crippen LogP contribution in [0, 0.1) is 17.3 Å². The van der Waals surface area contributed by atoms with Crippen molar-refractivity contribution in [1.29, 1.82) is 0 Å². The third-order valence-corrected chi connectivity index (χ3v) is 5.66. The molecule has 1 saturated carbocycles. The van der Waals surface area contributed by atoms with Crippen molar-refractivity contribution in [2.75, 3.05) is 20.1 Å². The van der Waals surface area contributed by atoms with Gasteiger partial charge >= 0.3 is 0 Å². The zero-order valence-corrected chi connectivity index (χ0v) is 13.0. The second-order valence-electron chi connectivity index (χ2n) is 7.12. The summed E-state index contributed by atoms with van der Waals surface area (Å²) >= 11 is 0. The van der Waals surface area contributed by atoms with E-state index in [4.69, 9.17) is 0 Å². The molecule has 3 atom stereocenters. The fourth-order valence-corrected chi connectivity index (χ4v) is 3.25. The van der Waals surface area contributed by atoms with E-state index in [1.54, 1.807) is 0 Å². The number of carbonyl (C=O) groups excluding carboxylic acids is 1. The van der Waals surface area contributed by atoms with Crippen molar-refractivity contribution in [2.45, 2.75) is 58.9 Å². The predicted octanol–water partition coefficient (Wildman–Crippen LogP) is 2.66. The van der Waals surface area contributed by atoms with Crippen LogP contribution in [0.25, 0.3) is 0 Å². The van der Waals surface area contributed by atoms with Gasteiger partial charge < -0.3 is 10.2 Å². The highest BCUT2D eigenvalue weighted by Gasteiger charge is 2.45. The average Bonchev–Trinajstić information content (AvgIpc) is 3.17. The first-order valence-corrected chi connectivity index (χ1v) is 7.90. The molecule has 3 nitrogen and oxygen atoms in total. The molecule has 2 rings (SSSR count). The van der Waals surface area contributed by atoms with E-state index in [1.165, 1.54) is 25.7 Å². The van der Waals surface area contributed by atoms with E-state index >= 15 is 0 Å². The molecule has 0 aromatic carbocycles. The molecule has 0 spiro atoms. The van der Waals surface area contributed by atoms with E-state index in [-0.39, 0.29) is 0 Å². The first-order valence-electron chi connectivity index (χ1n) is 7.90. The van der Waals surface area contributed by atoms with Crippen LogP contribution in [0.3, 0.4) is 0 Å². The van der Waals surface area contributed by atoms with Crippen LogP contribution in [0.1, 0.15) is 52.9 Å². The minimum absolute atomic E-state index is 0.332. The Morgan fingerprint density at radius 1 is 1.42 bits per heavy atom. The summed E-state index contributed by atoms with van der Waals surface area (Å²) in [7, 11) is 1.99. The summed E-state index contributed by atoms with van der Waals surface area (Å²) in [5.41, 5.74) is 0.389. The topological polar surface area (TPSA) is 32.3 Å². The maximum atomic E-state index is 12.4. The van der Waals surface area contributed by atoms with Gasteiger partial charge in [-0.3, -0.25) is 4.79 Å². The van der Waals surface area contributed by atoms with Crippen LogP contribution in [0.15, 0.2) is 0 Å². The number of hydrogen-bond acceptors (Lipinski definition) is 2. The highest BCUT2D eigenvalue weighted by molar-refractivity contribution is 5.76. The number of nitrogens with one attached hydrogen (secondary N) is 1. The Kier molecular flexibility index (Phi) is 4.54. The summed E-state index contributed by atoms with van der Waals surface area (Å²) in [6.45, 7) is 8.98. The molecule has 1 heterocycles. The molecule has 1 N–H and O–H groups in total. The molecule has 3 heteroatoms. The van der Waals surface area contributed by atoms with Gasteiger partial charge in [0.15, 0.2) is 0 Å². The third-order valence-electron chi connectivity index (χ3n) is 5.66. The highest BCUT2D eigenvalue weighted by atomic mass is 16.2. The van der Waals surface area contributed by atoms with E-state index in [9.17, 15) is 4.79 Å². The molecule has 0 radical (unpaired) electrons. The maximum Gasteiger partial charge on any atom is 0.222 e. The fraction of sp³-hybridized carbons (Fsp3) is 0.938. The quantitative estimate of drug-likeness (QED) is 0.829. The molecular weight excluding hydrogens is 236 g/mol. The summed E-state index contributed by atoms with van der Waals surface area (Å²) in [5, 5.41) is 3.45. The molecule has 1 amide bonds. The van der Waals surface area contributed by atoms with E-state index in [1.807, 2.05) is 11.9 Å². The number of rotatable bonds is 5. The minimum atomic E-state index is 0.332. The number of hydrogen-bond donors (Lipinski definition) is 1. The second kappa shape index (κ2) is 5.82. The van der Waals surface area contributed by atoms with Crippen LogP contribution in [-0.2, 0) is 4.79 Å². The van der Waals surface area contributed by atoms with E-state index in [0.717, 1.165) is 13.1 Å². The van der Waals surface area contributed by atoms with Crippen LogP contribution in [0.4, 0.5) is 0 Å². The predicted molar refractivity (Wildman–Crippen MR) is 78.9 cm³/mol. The Balaban J connectivity index is 1.82. The normalized spacial score (nSPS) is 28.5. The van der Waals surface area contributed by atoms with Crippen LogP contribution >= 0.6 is 0 Å². The molecule has 0 aromatic rings. The molecule has 1 saturated heterocycles. The van der Waals surface area contributed by atoms with Gasteiger partial charge in [0, 0.05) is 19.5 Å². The molecular formula is C16H30N2O. The second-order valence-corrected chi connectivity index (χ2v) is 7.12. The van der Waals surface area contributed by atoms with E-state index in [2.05, 4.69) is 26.1 Å². The van der Waals surface area contributed by atoms with Crippen LogP contribution in [-0.4, -0.2) is 37.0 Å². The minimum Gasteiger partial charge on any atom is -0.343 e. The average molecular weight is 266 g/mol. The zero-order valence-electron chi connectivity index (χ0n) is 13.0. The van der Waals surface area contributed by atoms with E-state index in [0.29, 0.717) is 35.6 Å². The molecule has 1 aliphatic carbocycles. The summed E-state index contributed by atoms with van der Waals surface area (Å²) in [5.74, 6) is 1.51. The van der Waals surface area contributed by atoms with Gasteiger partial charge in [-0.25, -0.2) is 0 Å². The van der Waals surface area contributed by atoms with E-state index < -0.39 is 0 Å². The van der Waals surface area contributed by atoms with Crippen molar-refractivity contribution < 1.29 is 4.79 Å². The standard InChI is InChI=1S/C16H30N2O/c1-12(14-6-5-9-17-11-14)10-15(19)18(4)13(2)16(3)7-8-16/h12-14,17H,5-11H2,1-4H3. The molecule has 0 bridgehead atoms. The van der Waals surface area contributed by atoms with Crippen LogP contribution in [0.5, 0.6) is 0 Å². The first-order chi connectivity index (χ1) is 8.94. The lowest BCUT2D eigenvalue weighted by molar-refractivity contribution is -0.134. The van der Waals surface area contributed by atoms with Gasteiger partial charge in [-0.1, -0.05) is 13.8 Å². The van der Waals surface area contributed by atoms with Gasteiger partial charge in [0.1, 0.15) is 0 Å². The Labute approximate surface area is 118 Å². The lowest BCUT2D eigenvalue weighted by atomic mass is 9.85. The largest absolute Gasteiger partial charge is 0.343 e. The van der Waals surface area contributed by atoms with Gasteiger partial charge in [-0.05, 0) is 62.9 Å². The van der Waals surface area contributed by atoms with Crippen molar-refractivity contribution in [3.05, 3.63) is 0 Å². The summed E-state index contributed by atoms with van der Waals surface area (Å²) in [4.78, 5) is 14.4. The summed E-state index contributed by atoms with van der Waals surface area (Å²) in [6.07, 6.45) is 5.79.